The molecule has 86 valence electrons. The lowest BCUT2D eigenvalue weighted by molar-refractivity contribution is -0.142. The first kappa shape index (κ1) is 11.8. The third kappa shape index (κ3) is 2.36. The van der Waals surface area contributed by atoms with Gasteiger partial charge in [0.05, 0.1) is 0 Å². The number of esters is 1. The second-order valence-corrected chi connectivity index (χ2v) is 6.30. The van der Waals surface area contributed by atoms with Gasteiger partial charge in [0.15, 0.2) is 0 Å². The fourth-order valence-electron chi connectivity index (χ4n) is 2.18. The van der Waals surface area contributed by atoms with Crippen molar-refractivity contribution in [2.24, 2.45) is 0 Å². The number of alkyl halides is 3. The van der Waals surface area contributed by atoms with Crippen LogP contribution < -0.4 is 0 Å². The Kier molecular flexibility index (Phi) is 3.36. The highest BCUT2D eigenvalue weighted by atomic mass is 35.6. The highest BCUT2D eigenvalue weighted by molar-refractivity contribution is 6.68. The molecule has 3 nitrogen and oxygen atoms in total. The minimum atomic E-state index is -1.56. The molecule has 2 fully saturated rings. The summed E-state index contributed by atoms with van der Waals surface area (Å²) in [6, 6.07) is -0.215. The second-order valence-electron chi connectivity index (χ2n) is 3.93. The summed E-state index contributed by atoms with van der Waals surface area (Å²) in [5.74, 6) is -0.256. The predicted octanol–water partition coefficient (Wildman–Crippen LogP) is 2.48. The van der Waals surface area contributed by atoms with Crippen LogP contribution in [-0.2, 0) is 9.53 Å². The maximum atomic E-state index is 11.6. The molecule has 0 saturated carbocycles. The zero-order chi connectivity index (χ0) is 11.1. The minimum Gasteiger partial charge on any atom is -0.440 e. The third-order valence-corrected chi connectivity index (χ3v) is 3.44. The normalized spacial score (nSPS) is 33.4. The van der Waals surface area contributed by atoms with Crippen molar-refractivity contribution in [3.63, 3.8) is 0 Å². The summed E-state index contributed by atoms with van der Waals surface area (Å²) < 4.78 is 3.56. The van der Waals surface area contributed by atoms with Gasteiger partial charge in [0.25, 0.3) is 0 Å². The number of carbonyl (C=O) groups is 1. The first-order valence-electron chi connectivity index (χ1n) is 5.03. The molecule has 0 amide bonds. The van der Waals surface area contributed by atoms with E-state index in [2.05, 4.69) is 0 Å². The summed E-state index contributed by atoms with van der Waals surface area (Å²) in [7, 11) is 0. The lowest BCUT2D eigenvalue weighted by atomic mass is 10.1. The van der Waals surface area contributed by atoms with Crippen molar-refractivity contribution in [1.82, 2.24) is 4.90 Å². The molecular formula is C9H12Cl3NO2. The number of halogens is 3. The van der Waals surface area contributed by atoms with E-state index >= 15 is 0 Å². The molecule has 0 aromatic rings. The molecular weight excluding hydrogens is 260 g/mol. The highest BCUT2D eigenvalue weighted by Crippen LogP contribution is 2.40. The Labute approximate surface area is 104 Å². The number of hydrogen-bond acceptors (Lipinski definition) is 3. The van der Waals surface area contributed by atoms with Gasteiger partial charge in [0.2, 0.25) is 10.0 Å². The van der Waals surface area contributed by atoms with Crippen molar-refractivity contribution in [2.75, 3.05) is 6.54 Å². The monoisotopic (exact) mass is 271 g/mol. The molecule has 0 aromatic carbocycles. The summed E-state index contributed by atoms with van der Waals surface area (Å²) in [6.45, 7) is 0.759. The molecule has 15 heavy (non-hydrogen) atoms. The van der Waals surface area contributed by atoms with E-state index in [0.717, 1.165) is 32.2 Å². The second kappa shape index (κ2) is 4.28. The lowest BCUT2D eigenvalue weighted by Crippen LogP contribution is -2.43. The number of ether oxygens (including phenoxy) is 1. The van der Waals surface area contributed by atoms with Crippen LogP contribution in [0.3, 0.4) is 0 Å². The standard InChI is InChI=1S/C9H12Cl3NO2/c10-9(11,12)8-13-5-3-1-2-4-6(13)7(14)15-8/h6,8H,1-5H2. The first-order chi connectivity index (χ1) is 7.00. The molecule has 0 aliphatic carbocycles. The molecule has 2 atom stereocenters. The van der Waals surface area contributed by atoms with E-state index in [1.807, 2.05) is 4.90 Å². The Morgan fingerprint density at radius 1 is 1.27 bits per heavy atom. The topological polar surface area (TPSA) is 29.5 Å². The van der Waals surface area contributed by atoms with Gasteiger partial charge in [-0.1, -0.05) is 47.6 Å². The van der Waals surface area contributed by atoms with Gasteiger partial charge in [-0.3, -0.25) is 9.69 Å². The smallest absolute Gasteiger partial charge is 0.325 e. The van der Waals surface area contributed by atoms with Crippen LogP contribution in [-0.4, -0.2) is 33.5 Å². The van der Waals surface area contributed by atoms with Gasteiger partial charge >= 0.3 is 5.97 Å². The fraction of sp³-hybridized carbons (Fsp3) is 0.889. The average molecular weight is 273 g/mol. The zero-order valence-corrected chi connectivity index (χ0v) is 10.4. The summed E-state index contributed by atoms with van der Waals surface area (Å²) in [5, 5.41) is 0. The van der Waals surface area contributed by atoms with E-state index in [9.17, 15) is 4.79 Å². The van der Waals surface area contributed by atoms with Crippen molar-refractivity contribution in [1.29, 1.82) is 0 Å². The van der Waals surface area contributed by atoms with Crippen LogP contribution in [0.2, 0.25) is 0 Å². The summed E-state index contributed by atoms with van der Waals surface area (Å²) in [5.41, 5.74) is 0. The molecule has 2 aliphatic rings. The van der Waals surface area contributed by atoms with Crippen LogP contribution in [0.25, 0.3) is 0 Å². The highest BCUT2D eigenvalue weighted by Gasteiger charge is 2.51. The molecule has 2 unspecified atom stereocenters. The number of carbonyl (C=O) groups excluding carboxylic acids is 1. The molecule has 0 aromatic heterocycles. The molecule has 0 radical (unpaired) electrons. The first-order valence-corrected chi connectivity index (χ1v) is 6.16. The number of fused-ring (bicyclic) bond motifs is 1. The van der Waals surface area contributed by atoms with Crippen LogP contribution in [0.1, 0.15) is 25.7 Å². The largest absolute Gasteiger partial charge is 0.440 e. The zero-order valence-electron chi connectivity index (χ0n) is 8.09. The van der Waals surface area contributed by atoms with Crippen LogP contribution in [0.5, 0.6) is 0 Å². The van der Waals surface area contributed by atoms with Crippen molar-refractivity contribution >= 4 is 40.8 Å². The average Bonchev–Trinajstić information content (AvgIpc) is 2.37. The predicted molar refractivity (Wildman–Crippen MR) is 59.1 cm³/mol. The molecule has 0 N–H and O–H groups in total. The maximum absolute atomic E-state index is 11.6. The third-order valence-electron chi connectivity index (χ3n) is 2.88. The molecule has 2 heterocycles. The number of rotatable bonds is 0. The van der Waals surface area contributed by atoms with Gasteiger partial charge in [-0.15, -0.1) is 0 Å². The Morgan fingerprint density at radius 3 is 2.67 bits per heavy atom. The van der Waals surface area contributed by atoms with Crippen molar-refractivity contribution < 1.29 is 9.53 Å². The van der Waals surface area contributed by atoms with E-state index in [0.29, 0.717) is 0 Å². The van der Waals surface area contributed by atoms with E-state index in [1.54, 1.807) is 0 Å². The van der Waals surface area contributed by atoms with Gasteiger partial charge in [0, 0.05) is 6.54 Å². The Bertz CT molecular complexity index is 267. The van der Waals surface area contributed by atoms with E-state index in [4.69, 9.17) is 39.5 Å². The SMILES string of the molecule is O=C1OC(C(Cl)(Cl)Cl)N2CCCCCC12. The molecule has 0 bridgehead atoms. The van der Waals surface area contributed by atoms with Crippen molar-refractivity contribution in [3.8, 4) is 0 Å². The molecule has 6 heteroatoms. The fourth-order valence-corrected chi connectivity index (χ4v) is 2.69. The van der Waals surface area contributed by atoms with Crippen LogP contribution >= 0.6 is 34.8 Å². The van der Waals surface area contributed by atoms with Gasteiger partial charge < -0.3 is 4.74 Å². The minimum absolute atomic E-state index is 0.215. The maximum Gasteiger partial charge on any atom is 0.325 e. The van der Waals surface area contributed by atoms with E-state index < -0.39 is 10.0 Å². The van der Waals surface area contributed by atoms with Crippen LogP contribution in [0.15, 0.2) is 0 Å². The lowest BCUT2D eigenvalue weighted by Gasteiger charge is -2.28. The molecule has 2 rings (SSSR count). The molecule has 0 spiro atoms. The quantitative estimate of drug-likeness (QED) is 0.501. The van der Waals surface area contributed by atoms with Crippen molar-refractivity contribution in [2.45, 2.75) is 41.7 Å². The van der Waals surface area contributed by atoms with E-state index in [1.165, 1.54) is 0 Å². The van der Waals surface area contributed by atoms with Crippen LogP contribution in [0.4, 0.5) is 0 Å². The van der Waals surface area contributed by atoms with Gasteiger partial charge in [-0.05, 0) is 12.8 Å². The van der Waals surface area contributed by atoms with E-state index in [-0.39, 0.29) is 12.0 Å². The Hall–Kier alpha value is 0.300. The molecule has 2 saturated heterocycles. The van der Waals surface area contributed by atoms with Gasteiger partial charge in [-0.2, -0.15) is 0 Å². The van der Waals surface area contributed by atoms with Gasteiger partial charge in [-0.25, -0.2) is 0 Å². The summed E-state index contributed by atoms with van der Waals surface area (Å²) in [6.07, 6.45) is 3.24. The van der Waals surface area contributed by atoms with Crippen molar-refractivity contribution in [3.05, 3.63) is 0 Å². The van der Waals surface area contributed by atoms with Gasteiger partial charge in [0.1, 0.15) is 6.04 Å². The number of hydrogen-bond donors (Lipinski definition) is 0. The Morgan fingerprint density at radius 2 is 2.00 bits per heavy atom. The molecule has 2 aliphatic heterocycles. The number of nitrogens with zero attached hydrogens (tertiary/aromatic N) is 1. The van der Waals surface area contributed by atoms with Crippen LogP contribution in [0, 0.1) is 0 Å². The Balaban J connectivity index is 2.19. The summed E-state index contributed by atoms with van der Waals surface area (Å²) >= 11 is 17.4. The summed E-state index contributed by atoms with van der Waals surface area (Å²) in [4.78, 5) is 13.5. The number of cyclic esters (lactones) is 1.